The Morgan fingerprint density at radius 2 is 1.85 bits per heavy atom. The van der Waals surface area contributed by atoms with Crippen molar-refractivity contribution in [2.24, 2.45) is 0 Å². The van der Waals surface area contributed by atoms with Gasteiger partial charge in [-0.15, -0.1) is 6.58 Å². The van der Waals surface area contributed by atoms with E-state index in [9.17, 15) is 9.59 Å². The van der Waals surface area contributed by atoms with Gasteiger partial charge in [-0.05, 0) is 36.2 Å². The highest BCUT2D eigenvalue weighted by atomic mass is 35.5. The highest BCUT2D eigenvalue weighted by Crippen LogP contribution is 2.17. The number of amides is 1. The second-order valence-corrected chi connectivity index (χ2v) is 5.95. The van der Waals surface area contributed by atoms with Crippen LogP contribution in [0, 0.1) is 0 Å². The number of carbonyl (C=O) groups is 2. The normalized spacial score (nSPS) is 10.0. The van der Waals surface area contributed by atoms with Crippen molar-refractivity contribution in [3.8, 4) is 0 Å². The highest BCUT2D eigenvalue weighted by Gasteiger charge is 2.13. The fourth-order valence-electron chi connectivity index (χ4n) is 2.25. The zero-order valence-corrected chi connectivity index (χ0v) is 15.1. The number of nitrogens with one attached hydrogen (secondary N) is 2. The molecular formula is C20H21ClN2O3. The largest absolute Gasteiger partial charge is 0.452 e. The van der Waals surface area contributed by atoms with Crippen LogP contribution >= 0.6 is 11.6 Å². The molecular weight excluding hydrogens is 352 g/mol. The molecule has 1 amide bonds. The molecule has 0 aromatic heterocycles. The summed E-state index contributed by atoms with van der Waals surface area (Å²) >= 11 is 5.88. The predicted molar refractivity (Wildman–Crippen MR) is 104 cm³/mol. The van der Waals surface area contributed by atoms with Gasteiger partial charge in [0.2, 0.25) is 0 Å². The Labute approximate surface area is 158 Å². The van der Waals surface area contributed by atoms with Gasteiger partial charge in [-0.2, -0.15) is 0 Å². The molecule has 0 bridgehead atoms. The van der Waals surface area contributed by atoms with E-state index in [1.807, 2.05) is 30.3 Å². The SMILES string of the molecule is C=CCNC(=O)COC(=O)c1ccccc1NCCc1ccc(Cl)cc1. The number of carbonyl (C=O) groups excluding carboxylic acids is 2. The minimum Gasteiger partial charge on any atom is -0.452 e. The van der Waals surface area contributed by atoms with Crippen molar-refractivity contribution >= 4 is 29.2 Å². The van der Waals surface area contributed by atoms with E-state index < -0.39 is 5.97 Å². The number of ether oxygens (including phenoxy) is 1. The van der Waals surface area contributed by atoms with Crippen LogP contribution in [0.2, 0.25) is 5.02 Å². The van der Waals surface area contributed by atoms with E-state index >= 15 is 0 Å². The van der Waals surface area contributed by atoms with Crippen molar-refractivity contribution in [3.05, 3.63) is 77.3 Å². The lowest BCUT2D eigenvalue weighted by Crippen LogP contribution is -2.28. The Hall–Kier alpha value is -2.79. The monoisotopic (exact) mass is 372 g/mol. The van der Waals surface area contributed by atoms with Crippen molar-refractivity contribution in [2.75, 3.05) is 25.0 Å². The molecule has 0 spiro atoms. The maximum Gasteiger partial charge on any atom is 0.340 e. The van der Waals surface area contributed by atoms with Crippen LogP contribution in [-0.2, 0) is 16.0 Å². The fraction of sp³-hybridized carbons (Fsp3) is 0.200. The average molecular weight is 373 g/mol. The van der Waals surface area contributed by atoms with Crippen molar-refractivity contribution in [1.29, 1.82) is 0 Å². The molecule has 0 saturated carbocycles. The Kier molecular flexibility index (Phi) is 7.71. The second-order valence-electron chi connectivity index (χ2n) is 5.52. The smallest absolute Gasteiger partial charge is 0.340 e. The molecule has 0 saturated heterocycles. The first kappa shape index (κ1) is 19.5. The summed E-state index contributed by atoms with van der Waals surface area (Å²) in [5.41, 5.74) is 2.19. The number of benzene rings is 2. The standard InChI is InChI=1S/C20H21ClN2O3/c1-2-12-23-19(24)14-26-20(25)17-5-3-4-6-18(17)22-13-11-15-7-9-16(21)10-8-15/h2-10,22H,1,11-14H2,(H,23,24). The lowest BCUT2D eigenvalue weighted by atomic mass is 10.1. The minimum absolute atomic E-state index is 0.328. The van der Waals surface area contributed by atoms with Gasteiger partial charge >= 0.3 is 5.97 Å². The molecule has 2 aromatic carbocycles. The molecule has 0 radical (unpaired) electrons. The van der Waals surface area contributed by atoms with Crippen LogP contribution in [0.5, 0.6) is 0 Å². The third kappa shape index (κ3) is 6.26. The molecule has 136 valence electrons. The highest BCUT2D eigenvalue weighted by molar-refractivity contribution is 6.30. The summed E-state index contributed by atoms with van der Waals surface area (Å²) in [4.78, 5) is 23.8. The third-order valence-corrected chi connectivity index (χ3v) is 3.82. The van der Waals surface area contributed by atoms with Gasteiger partial charge in [0.05, 0.1) is 5.56 Å². The van der Waals surface area contributed by atoms with Gasteiger partial charge < -0.3 is 15.4 Å². The predicted octanol–water partition coefficient (Wildman–Crippen LogP) is 3.45. The summed E-state index contributed by atoms with van der Waals surface area (Å²) in [5.74, 6) is -0.917. The van der Waals surface area contributed by atoms with Gasteiger partial charge in [-0.3, -0.25) is 4.79 Å². The van der Waals surface area contributed by atoms with E-state index in [0.29, 0.717) is 29.4 Å². The number of rotatable bonds is 9. The first-order valence-electron chi connectivity index (χ1n) is 8.22. The molecule has 26 heavy (non-hydrogen) atoms. The van der Waals surface area contributed by atoms with Gasteiger partial charge in [0.1, 0.15) is 0 Å². The quantitative estimate of drug-likeness (QED) is 0.522. The van der Waals surface area contributed by atoms with Crippen LogP contribution in [0.25, 0.3) is 0 Å². The molecule has 2 rings (SSSR count). The molecule has 5 nitrogen and oxygen atoms in total. The Morgan fingerprint density at radius 1 is 1.12 bits per heavy atom. The van der Waals surface area contributed by atoms with Crippen LogP contribution in [0.15, 0.2) is 61.2 Å². The molecule has 0 fully saturated rings. The maximum atomic E-state index is 12.2. The molecule has 0 aliphatic rings. The van der Waals surface area contributed by atoms with Gasteiger partial charge in [0.25, 0.3) is 5.91 Å². The molecule has 2 N–H and O–H groups in total. The molecule has 0 unspecified atom stereocenters. The number of esters is 1. The maximum absolute atomic E-state index is 12.2. The van der Waals surface area contributed by atoms with Crippen molar-refractivity contribution in [1.82, 2.24) is 5.32 Å². The van der Waals surface area contributed by atoms with E-state index in [-0.39, 0.29) is 12.5 Å². The van der Waals surface area contributed by atoms with E-state index in [1.165, 1.54) is 0 Å². The zero-order chi connectivity index (χ0) is 18.8. The lowest BCUT2D eigenvalue weighted by Gasteiger charge is -2.12. The number of para-hydroxylation sites is 1. The molecule has 0 aliphatic carbocycles. The molecule has 6 heteroatoms. The summed E-state index contributed by atoms with van der Waals surface area (Å²) in [5, 5.41) is 6.48. The number of hydrogen-bond donors (Lipinski definition) is 2. The molecule has 2 aromatic rings. The molecule has 0 heterocycles. The van der Waals surface area contributed by atoms with E-state index in [2.05, 4.69) is 17.2 Å². The van der Waals surface area contributed by atoms with Gasteiger partial charge in [-0.25, -0.2) is 4.79 Å². The summed E-state index contributed by atoms with van der Waals surface area (Å²) in [6.07, 6.45) is 2.34. The summed E-state index contributed by atoms with van der Waals surface area (Å²) in [6.45, 7) is 4.15. The lowest BCUT2D eigenvalue weighted by molar-refractivity contribution is -0.124. The van der Waals surface area contributed by atoms with Crippen LogP contribution in [-0.4, -0.2) is 31.6 Å². The van der Waals surface area contributed by atoms with Crippen LogP contribution < -0.4 is 10.6 Å². The first-order valence-corrected chi connectivity index (χ1v) is 8.60. The Balaban J connectivity index is 1.89. The van der Waals surface area contributed by atoms with E-state index in [1.54, 1.807) is 24.3 Å². The minimum atomic E-state index is -0.548. The Bertz CT molecular complexity index is 760. The number of hydrogen-bond acceptors (Lipinski definition) is 4. The summed E-state index contributed by atoms with van der Waals surface area (Å²) in [7, 11) is 0. The third-order valence-electron chi connectivity index (χ3n) is 3.57. The second kappa shape index (κ2) is 10.3. The zero-order valence-electron chi connectivity index (χ0n) is 14.3. The van der Waals surface area contributed by atoms with Gasteiger partial charge in [0.15, 0.2) is 6.61 Å². The van der Waals surface area contributed by atoms with E-state index in [4.69, 9.17) is 16.3 Å². The van der Waals surface area contributed by atoms with Crippen molar-refractivity contribution in [2.45, 2.75) is 6.42 Å². The van der Waals surface area contributed by atoms with Crippen LogP contribution in [0.3, 0.4) is 0 Å². The van der Waals surface area contributed by atoms with Gasteiger partial charge in [0, 0.05) is 23.8 Å². The first-order chi connectivity index (χ1) is 12.6. The van der Waals surface area contributed by atoms with E-state index in [0.717, 1.165) is 12.0 Å². The summed E-state index contributed by atoms with van der Waals surface area (Å²) < 4.78 is 5.07. The molecule has 0 atom stereocenters. The van der Waals surface area contributed by atoms with Crippen LogP contribution in [0.4, 0.5) is 5.69 Å². The fourth-order valence-corrected chi connectivity index (χ4v) is 2.38. The Morgan fingerprint density at radius 3 is 2.58 bits per heavy atom. The summed E-state index contributed by atoms with van der Waals surface area (Å²) in [6, 6.07) is 14.7. The van der Waals surface area contributed by atoms with Crippen molar-refractivity contribution in [3.63, 3.8) is 0 Å². The van der Waals surface area contributed by atoms with Crippen molar-refractivity contribution < 1.29 is 14.3 Å². The topological polar surface area (TPSA) is 67.4 Å². The van der Waals surface area contributed by atoms with Gasteiger partial charge in [-0.1, -0.05) is 41.9 Å². The molecule has 0 aliphatic heterocycles. The number of anilines is 1. The van der Waals surface area contributed by atoms with Crippen LogP contribution in [0.1, 0.15) is 15.9 Å². The average Bonchev–Trinajstić information content (AvgIpc) is 2.66. The number of halogens is 1.